The van der Waals surface area contributed by atoms with Crippen molar-refractivity contribution >= 4 is 23.3 Å². The molecular formula is C18H22FN5O2. The van der Waals surface area contributed by atoms with E-state index in [1.807, 2.05) is 7.05 Å². The maximum Gasteiger partial charge on any atom is 0.338 e. The minimum atomic E-state index is -1.31. The second-order valence-corrected chi connectivity index (χ2v) is 6.46. The molecule has 2 heterocycles. The lowest BCUT2D eigenvalue weighted by Gasteiger charge is -2.28. The van der Waals surface area contributed by atoms with E-state index in [-0.39, 0.29) is 5.56 Å². The highest BCUT2D eigenvalue weighted by molar-refractivity contribution is 5.89. The van der Waals surface area contributed by atoms with Crippen LogP contribution in [0.5, 0.6) is 0 Å². The van der Waals surface area contributed by atoms with Crippen molar-refractivity contribution in [2.45, 2.75) is 12.8 Å². The predicted octanol–water partition coefficient (Wildman–Crippen LogP) is 2.49. The summed E-state index contributed by atoms with van der Waals surface area (Å²) in [5.74, 6) is -0.149. The molecule has 1 aliphatic heterocycles. The van der Waals surface area contributed by atoms with Crippen molar-refractivity contribution in [3.05, 3.63) is 42.0 Å². The van der Waals surface area contributed by atoms with Gasteiger partial charge in [0.25, 0.3) is 0 Å². The van der Waals surface area contributed by atoms with Gasteiger partial charge in [-0.2, -0.15) is 0 Å². The Morgan fingerprint density at radius 1 is 1.35 bits per heavy atom. The first kappa shape index (κ1) is 18.1. The lowest BCUT2D eigenvalue weighted by molar-refractivity contribution is 0.0692. The molecule has 1 saturated heterocycles. The smallest absolute Gasteiger partial charge is 0.338 e. The molecule has 1 aromatic carbocycles. The number of nitrogens with zero attached hydrogens (tertiary/aromatic N) is 3. The van der Waals surface area contributed by atoms with Crippen molar-refractivity contribution in [2.75, 3.05) is 36.9 Å². The SMILES string of the molecule is CN(CC1CCNCC1)c1cc(Nc2ccc(F)c(C(=O)O)c2)ncn1. The van der Waals surface area contributed by atoms with Gasteiger partial charge < -0.3 is 20.6 Å². The molecule has 8 heteroatoms. The molecule has 26 heavy (non-hydrogen) atoms. The molecule has 0 spiro atoms. The zero-order valence-electron chi connectivity index (χ0n) is 14.6. The van der Waals surface area contributed by atoms with Crippen LogP contribution in [-0.2, 0) is 0 Å². The third-order valence-corrected chi connectivity index (χ3v) is 4.50. The number of benzene rings is 1. The Hall–Kier alpha value is -2.74. The van der Waals surface area contributed by atoms with Gasteiger partial charge in [-0.1, -0.05) is 0 Å². The standard InChI is InChI=1S/C18H22FN5O2/c1-24(10-12-4-6-20-7-5-12)17-9-16(21-11-22-17)23-13-2-3-15(19)14(8-13)18(25)26/h2-3,8-9,11-12,20H,4-7,10H2,1H3,(H,25,26)(H,21,22,23). The van der Waals surface area contributed by atoms with Crippen molar-refractivity contribution in [2.24, 2.45) is 5.92 Å². The molecule has 0 amide bonds. The average Bonchev–Trinajstić information content (AvgIpc) is 2.64. The molecule has 1 aliphatic rings. The van der Waals surface area contributed by atoms with E-state index in [1.165, 1.54) is 18.5 Å². The van der Waals surface area contributed by atoms with Gasteiger partial charge in [0.1, 0.15) is 23.8 Å². The number of anilines is 3. The molecule has 1 fully saturated rings. The van der Waals surface area contributed by atoms with Crippen LogP contribution in [0.15, 0.2) is 30.6 Å². The molecule has 7 nitrogen and oxygen atoms in total. The highest BCUT2D eigenvalue weighted by atomic mass is 19.1. The molecular weight excluding hydrogens is 337 g/mol. The fourth-order valence-corrected chi connectivity index (χ4v) is 3.08. The second-order valence-electron chi connectivity index (χ2n) is 6.46. The molecule has 3 rings (SSSR count). The summed E-state index contributed by atoms with van der Waals surface area (Å²) >= 11 is 0. The fraction of sp³-hybridized carbons (Fsp3) is 0.389. The summed E-state index contributed by atoms with van der Waals surface area (Å²) in [6.45, 7) is 3.01. The van der Waals surface area contributed by atoms with E-state index >= 15 is 0 Å². The molecule has 0 unspecified atom stereocenters. The number of hydrogen-bond acceptors (Lipinski definition) is 6. The van der Waals surface area contributed by atoms with E-state index in [1.54, 1.807) is 6.07 Å². The van der Waals surface area contributed by atoms with Crippen molar-refractivity contribution < 1.29 is 14.3 Å². The van der Waals surface area contributed by atoms with E-state index in [0.29, 0.717) is 17.4 Å². The Bertz CT molecular complexity index is 780. The minimum absolute atomic E-state index is 0.382. The number of carboxylic acids is 1. The maximum absolute atomic E-state index is 13.5. The average molecular weight is 359 g/mol. The zero-order valence-corrected chi connectivity index (χ0v) is 14.6. The van der Waals surface area contributed by atoms with E-state index in [9.17, 15) is 9.18 Å². The van der Waals surface area contributed by atoms with Crippen LogP contribution >= 0.6 is 0 Å². The number of carboxylic acid groups (broad SMARTS) is 1. The van der Waals surface area contributed by atoms with Gasteiger partial charge in [-0.05, 0) is 50.0 Å². The van der Waals surface area contributed by atoms with E-state index < -0.39 is 11.8 Å². The second kappa shape index (κ2) is 8.09. The van der Waals surface area contributed by atoms with E-state index in [4.69, 9.17) is 5.11 Å². The number of piperidine rings is 1. The van der Waals surface area contributed by atoms with E-state index in [0.717, 1.165) is 44.4 Å². The van der Waals surface area contributed by atoms with Gasteiger partial charge in [-0.15, -0.1) is 0 Å². The Morgan fingerprint density at radius 3 is 2.85 bits per heavy atom. The number of aromatic nitrogens is 2. The van der Waals surface area contributed by atoms with Gasteiger partial charge in [0.15, 0.2) is 0 Å². The lowest BCUT2D eigenvalue weighted by Crippen LogP contribution is -2.34. The summed E-state index contributed by atoms with van der Waals surface area (Å²) in [7, 11) is 1.99. The molecule has 138 valence electrons. The normalized spacial score (nSPS) is 14.8. The molecule has 2 aromatic rings. The van der Waals surface area contributed by atoms with Crippen LogP contribution in [0.25, 0.3) is 0 Å². The summed E-state index contributed by atoms with van der Waals surface area (Å²) in [5, 5.41) is 15.4. The van der Waals surface area contributed by atoms with Crippen LogP contribution in [0.2, 0.25) is 0 Å². The number of aromatic carboxylic acids is 1. The highest BCUT2D eigenvalue weighted by Crippen LogP contribution is 2.22. The fourth-order valence-electron chi connectivity index (χ4n) is 3.08. The van der Waals surface area contributed by atoms with Crippen molar-refractivity contribution in [1.82, 2.24) is 15.3 Å². The number of nitrogens with one attached hydrogen (secondary N) is 2. The van der Waals surface area contributed by atoms with Crippen molar-refractivity contribution in [3.8, 4) is 0 Å². The Labute approximate surface area is 151 Å². The van der Waals surface area contributed by atoms with Crippen LogP contribution in [0.1, 0.15) is 23.2 Å². The van der Waals surface area contributed by atoms with Gasteiger partial charge in [-0.3, -0.25) is 0 Å². The molecule has 0 aliphatic carbocycles. The summed E-state index contributed by atoms with van der Waals surface area (Å²) in [4.78, 5) is 21.6. The first-order valence-corrected chi connectivity index (χ1v) is 8.56. The van der Waals surface area contributed by atoms with Crippen molar-refractivity contribution in [3.63, 3.8) is 0 Å². The summed E-state index contributed by atoms with van der Waals surface area (Å²) < 4.78 is 13.5. The molecule has 0 saturated carbocycles. The molecule has 0 atom stereocenters. The molecule has 0 radical (unpaired) electrons. The third-order valence-electron chi connectivity index (χ3n) is 4.50. The van der Waals surface area contributed by atoms with E-state index in [2.05, 4.69) is 25.5 Å². The number of hydrogen-bond donors (Lipinski definition) is 3. The van der Waals surface area contributed by atoms with Crippen LogP contribution in [0.4, 0.5) is 21.7 Å². The Balaban J connectivity index is 1.71. The first-order valence-electron chi connectivity index (χ1n) is 8.56. The van der Waals surface area contributed by atoms with Gasteiger partial charge >= 0.3 is 5.97 Å². The molecule has 0 bridgehead atoms. The third kappa shape index (κ3) is 4.45. The van der Waals surface area contributed by atoms with Crippen molar-refractivity contribution in [1.29, 1.82) is 0 Å². The minimum Gasteiger partial charge on any atom is -0.478 e. The van der Waals surface area contributed by atoms with Gasteiger partial charge in [0.2, 0.25) is 0 Å². The number of halogens is 1. The summed E-state index contributed by atoms with van der Waals surface area (Å²) in [6, 6.07) is 5.64. The summed E-state index contributed by atoms with van der Waals surface area (Å²) in [6.07, 6.45) is 3.75. The Kier molecular flexibility index (Phi) is 5.62. The molecule has 3 N–H and O–H groups in total. The monoisotopic (exact) mass is 359 g/mol. The largest absolute Gasteiger partial charge is 0.478 e. The Morgan fingerprint density at radius 2 is 2.12 bits per heavy atom. The lowest BCUT2D eigenvalue weighted by atomic mass is 9.98. The van der Waals surface area contributed by atoms with Crippen LogP contribution in [0.3, 0.4) is 0 Å². The first-order chi connectivity index (χ1) is 12.5. The van der Waals surface area contributed by atoms with Gasteiger partial charge in [-0.25, -0.2) is 19.2 Å². The maximum atomic E-state index is 13.5. The predicted molar refractivity (Wildman–Crippen MR) is 97.5 cm³/mol. The van der Waals surface area contributed by atoms with Gasteiger partial charge in [0, 0.05) is 25.3 Å². The summed E-state index contributed by atoms with van der Waals surface area (Å²) in [5.41, 5.74) is 0.0711. The zero-order chi connectivity index (χ0) is 18.5. The van der Waals surface area contributed by atoms with Crippen LogP contribution < -0.4 is 15.5 Å². The number of rotatable bonds is 6. The quantitative estimate of drug-likeness (QED) is 0.730. The van der Waals surface area contributed by atoms with Gasteiger partial charge in [0.05, 0.1) is 5.56 Å². The van der Waals surface area contributed by atoms with Crippen LogP contribution in [-0.4, -0.2) is 47.7 Å². The highest BCUT2D eigenvalue weighted by Gasteiger charge is 2.16. The topological polar surface area (TPSA) is 90.4 Å². The van der Waals surface area contributed by atoms with Crippen LogP contribution in [0, 0.1) is 11.7 Å². The molecule has 1 aromatic heterocycles. The number of carbonyl (C=O) groups is 1.